The molecule has 0 spiro atoms. The van der Waals surface area contributed by atoms with Gasteiger partial charge in [0.1, 0.15) is 0 Å². The molecule has 0 atom stereocenters. The highest BCUT2D eigenvalue weighted by molar-refractivity contribution is 5.85. The number of carbonyl (C=O) groups excluding carboxylic acids is 2. The van der Waals surface area contributed by atoms with E-state index in [-0.39, 0.29) is 36.6 Å². The van der Waals surface area contributed by atoms with Gasteiger partial charge >= 0.3 is 0 Å². The number of nitrogens with one attached hydrogen (secondary N) is 2. The second-order valence-electron chi connectivity index (χ2n) is 6.15. The van der Waals surface area contributed by atoms with E-state index in [9.17, 15) is 9.59 Å². The van der Waals surface area contributed by atoms with Gasteiger partial charge in [-0.2, -0.15) is 0 Å². The smallest absolute Gasteiger partial charge is 0.234 e. The van der Waals surface area contributed by atoms with Gasteiger partial charge in [-0.25, -0.2) is 0 Å². The van der Waals surface area contributed by atoms with Crippen molar-refractivity contribution in [3.63, 3.8) is 0 Å². The second kappa shape index (κ2) is 12.5. The molecule has 6 nitrogen and oxygen atoms in total. The van der Waals surface area contributed by atoms with Crippen LogP contribution in [0, 0.1) is 5.92 Å². The number of halogens is 2. The highest BCUT2D eigenvalue weighted by Crippen LogP contribution is 2.17. The first-order valence-electron chi connectivity index (χ1n) is 8.27. The lowest BCUT2D eigenvalue weighted by molar-refractivity contribution is -0.134. The van der Waals surface area contributed by atoms with Gasteiger partial charge in [-0.05, 0) is 31.8 Å². The van der Waals surface area contributed by atoms with Crippen LogP contribution in [0.15, 0.2) is 12.7 Å². The van der Waals surface area contributed by atoms with Gasteiger partial charge in [0.2, 0.25) is 11.8 Å². The molecule has 8 heteroatoms. The van der Waals surface area contributed by atoms with Crippen LogP contribution in [0.4, 0.5) is 0 Å². The molecule has 24 heavy (non-hydrogen) atoms. The third kappa shape index (κ3) is 7.83. The molecule has 0 saturated carbocycles. The Morgan fingerprint density at radius 3 is 2.33 bits per heavy atom. The van der Waals surface area contributed by atoms with Gasteiger partial charge in [-0.3, -0.25) is 14.5 Å². The zero-order valence-corrected chi connectivity index (χ0v) is 15.8. The molecule has 2 heterocycles. The van der Waals surface area contributed by atoms with Gasteiger partial charge < -0.3 is 15.5 Å². The van der Waals surface area contributed by atoms with E-state index in [1.165, 1.54) is 0 Å². The van der Waals surface area contributed by atoms with Crippen molar-refractivity contribution in [2.24, 2.45) is 5.92 Å². The maximum atomic E-state index is 12.3. The predicted octanol–water partition coefficient (Wildman–Crippen LogP) is 0.666. The van der Waals surface area contributed by atoms with E-state index in [1.54, 1.807) is 6.08 Å². The van der Waals surface area contributed by atoms with E-state index in [1.807, 2.05) is 4.90 Å². The number of hydrogen-bond donors (Lipinski definition) is 2. The van der Waals surface area contributed by atoms with Crippen molar-refractivity contribution < 1.29 is 9.59 Å². The molecule has 2 aliphatic heterocycles. The molecule has 2 fully saturated rings. The summed E-state index contributed by atoms with van der Waals surface area (Å²) in [6, 6.07) is 0. The van der Waals surface area contributed by atoms with Crippen molar-refractivity contribution in [1.29, 1.82) is 0 Å². The van der Waals surface area contributed by atoms with Crippen LogP contribution in [-0.2, 0) is 9.59 Å². The lowest BCUT2D eigenvalue weighted by Crippen LogP contribution is -2.51. The summed E-state index contributed by atoms with van der Waals surface area (Å²) in [5.74, 6) is 0.841. The first kappa shape index (κ1) is 23.2. The minimum Gasteiger partial charge on any atom is -0.352 e. The third-order valence-corrected chi connectivity index (χ3v) is 4.46. The van der Waals surface area contributed by atoms with Crippen LogP contribution < -0.4 is 10.6 Å². The standard InChI is InChI=1S/C16H28N4O2.2ClH/c1-2-5-18-15(21)13-19-8-10-20(11-9-19)16(22)12-14-3-6-17-7-4-14;;/h2,14,17H,1,3-13H2,(H,18,21);2*1H. The second-order valence-corrected chi connectivity index (χ2v) is 6.15. The average molecular weight is 381 g/mol. The number of carbonyl (C=O) groups is 2. The van der Waals surface area contributed by atoms with Crippen molar-refractivity contribution in [1.82, 2.24) is 20.4 Å². The summed E-state index contributed by atoms with van der Waals surface area (Å²) in [4.78, 5) is 28.1. The van der Waals surface area contributed by atoms with Crippen LogP contribution in [0.3, 0.4) is 0 Å². The van der Waals surface area contributed by atoms with Gasteiger partial charge in [0.05, 0.1) is 6.54 Å². The van der Waals surface area contributed by atoms with Gasteiger partial charge in [-0.15, -0.1) is 31.4 Å². The normalized spacial score (nSPS) is 18.9. The Hall–Kier alpha value is -0.820. The molecule has 0 aromatic heterocycles. The Labute approximate surface area is 157 Å². The zero-order valence-electron chi connectivity index (χ0n) is 14.2. The van der Waals surface area contributed by atoms with Gasteiger partial charge in [0.15, 0.2) is 0 Å². The quantitative estimate of drug-likeness (QED) is 0.664. The van der Waals surface area contributed by atoms with E-state index in [4.69, 9.17) is 0 Å². The molecule has 0 radical (unpaired) electrons. The van der Waals surface area contributed by atoms with E-state index >= 15 is 0 Å². The Morgan fingerprint density at radius 2 is 1.75 bits per heavy atom. The van der Waals surface area contributed by atoms with Crippen LogP contribution in [0.2, 0.25) is 0 Å². The number of nitrogens with zero attached hydrogens (tertiary/aromatic N) is 2. The monoisotopic (exact) mass is 380 g/mol. The molecule has 0 unspecified atom stereocenters. The van der Waals surface area contributed by atoms with Crippen LogP contribution in [-0.4, -0.2) is 74.0 Å². The summed E-state index contributed by atoms with van der Waals surface area (Å²) in [5, 5.41) is 6.11. The highest BCUT2D eigenvalue weighted by atomic mass is 35.5. The number of piperidine rings is 1. The first-order chi connectivity index (χ1) is 10.7. The summed E-state index contributed by atoms with van der Waals surface area (Å²) in [5.41, 5.74) is 0. The Morgan fingerprint density at radius 1 is 1.12 bits per heavy atom. The molecule has 0 aromatic rings. The van der Waals surface area contributed by atoms with E-state index in [2.05, 4.69) is 22.1 Å². The fraction of sp³-hybridized carbons (Fsp3) is 0.750. The molecule has 140 valence electrons. The van der Waals surface area contributed by atoms with Crippen LogP contribution in [0.25, 0.3) is 0 Å². The van der Waals surface area contributed by atoms with E-state index in [0.717, 1.165) is 52.1 Å². The lowest BCUT2D eigenvalue weighted by atomic mass is 9.94. The largest absolute Gasteiger partial charge is 0.352 e. The van der Waals surface area contributed by atoms with Crippen molar-refractivity contribution in [2.75, 3.05) is 52.4 Å². The highest BCUT2D eigenvalue weighted by Gasteiger charge is 2.25. The Kier molecular flexibility index (Phi) is 12.1. The summed E-state index contributed by atoms with van der Waals surface area (Å²) >= 11 is 0. The minimum atomic E-state index is 0. The molecule has 2 rings (SSSR count). The van der Waals surface area contributed by atoms with E-state index in [0.29, 0.717) is 25.4 Å². The van der Waals surface area contributed by atoms with Crippen molar-refractivity contribution in [3.05, 3.63) is 12.7 Å². The molecular formula is C16H30Cl2N4O2. The molecule has 0 bridgehead atoms. The molecule has 2 saturated heterocycles. The zero-order chi connectivity index (χ0) is 15.8. The summed E-state index contributed by atoms with van der Waals surface area (Å²) in [7, 11) is 0. The number of rotatable bonds is 6. The van der Waals surface area contributed by atoms with Gasteiger partial charge in [0, 0.05) is 39.1 Å². The van der Waals surface area contributed by atoms with Gasteiger partial charge in [0.25, 0.3) is 0 Å². The van der Waals surface area contributed by atoms with Gasteiger partial charge in [-0.1, -0.05) is 6.08 Å². The molecule has 0 aromatic carbocycles. The first-order valence-corrected chi connectivity index (χ1v) is 8.27. The number of hydrogen-bond acceptors (Lipinski definition) is 4. The predicted molar refractivity (Wildman–Crippen MR) is 101 cm³/mol. The fourth-order valence-electron chi connectivity index (χ4n) is 3.06. The summed E-state index contributed by atoms with van der Waals surface area (Å²) < 4.78 is 0. The topological polar surface area (TPSA) is 64.7 Å². The fourth-order valence-corrected chi connectivity index (χ4v) is 3.06. The van der Waals surface area contributed by atoms with Crippen LogP contribution in [0.5, 0.6) is 0 Å². The van der Waals surface area contributed by atoms with Crippen molar-refractivity contribution in [3.8, 4) is 0 Å². The summed E-state index contributed by atoms with van der Waals surface area (Å²) in [6.07, 6.45) is 4.57. The molecule has 2 N–H and O–H groups in total. The summed E-state index contributed by atoms with van der Waals surface area (Å²) in [6.45, 7) is 9.59. The maximum absolute atomic E-state index is 12.3. The lowest BCUT2D eigenvalue weighted by Gasteiger charge is -2.35. The van der Waals surface area contributed by atoms with Crippen LogP contribution >= 0.6 is 24.8 Å². The Bertz CT molecular complexity index is 396. The van der Waals surface area contributed by atoms with Crippen molar-refractivity contribution >= 4 is 36.6 Å². The molecule has 2 aliphatic rings. The minimum absolute atomic E-state index is 0. The SMILES string of the molecule is C=CCNC(=O)CN1CCN(C(=O)CC2CCNCC2)CC1.Cl.Cl. The molecule has 2 amide bonds. The van der Waals surface area contributed by atoms with E-state index < -0.39 is 0 Å². The van der Waals surface area contributed by atoms with Crippen LogP contribution in [0.1, 0.15) is 19.3 Å². The average Bonchev–Trinajstić information content (AvgIpc) is 2.54. The number of piperazine rings is 1. The molecule has 0 aliphatic carbocycles. The third-order valence-electron chi connectivity index (χ3n) is 4.46. The molecular weight excluding hydrogens is 351 g/mol. The number of amides is 2. The Balaban J connectivity index is 0.00000264. The van der Waals surface area contributed by atoms with Crippen molar-refractivity contribution in [2.45, 2.75) is 19.3 Å². The maximum Gasteiger partial charge on any atom is 0.234 e.